The zero-order valence-electron chi connectivity index (χ0n) is 10.2. The number of nitrogens with zero attached hydrogens (tertiary/aromatic N) is 4. The van der Waals surface area contributed by atoms with Crippen molar-refractivity contribution in [1.29, 1.82) is 0 Å². The van der Waals surface area contributed by atoms with Gasteiger partial charge in [-0.25, -0.2) is 4.98 Å². The van der Waals surface area contributed by atoms with Gasteiger partial charge in [-0.3, -0.25) is 4.68 Å². The third kappa shape index (κ3) is 1.81. The molecule has 0 fully saturated rings. The number of aromatic amines is 1. The molecule has 1 N–H and O–H groups in total. The Bertz CT molecular complexity index is 685. The predicted molar refractivity (Wildman–Crippen MR) is 67.3 cm³/mol. The number of nitrogens with one attached hydrogen (secondary N) is 1. The van der Waals surface area contributed by atoms with E-state index in [0.29, 0.717) is 18.1 Å². The largest absolute Gasteiger partial charge is 0.478 e. The van der Waals surface area contributed by atoms with Crippen LogP contribution in [0.4, 0.5) is 0 Å². The first-order chi connectivity index (χ1) is 8.76. The maximum atomic E-state index is 5.35. The summed E-state index contributed by atoms with van der Waals surface area (Å²) in [5, 5.41) is 4.12. The van der Waals surface area contributed by atoms with Gasteiger partial charge in [0.1, 0.15) is 5.82 Å². The minimum atomic E-state index is 0.592. The Kier molecular flexibility index (Phi) is 2.47. The van der Waals surface area contributed by atoms with Crippen molar-refractivity contribution in [3.05, 3.63) is 24.5 Å². The summed E-state index contributed by atoms with van der Waals surface area (Å²) >= 11 is 0. The standard InChI is InChI=1S/C12H13N5O/c1-3-18-10-5-4-9-12(15-10)16-11(14-9)8-6-13-17(2)7-8/h4-7H,3H2,1-2H3,(H,14,15,16). The molecule has 0 unspecified atom stereocenters. The molecule has 0 amide bonds. The molecule has 3 rings (SSSR count). The fraction of sp³-hybridized carbons (Fsp3) is 0.250. The van der Waals surface area contributed by atoms with E-state index in [1.54, 1.807) is 10.9 Å². The average molecular weight is 243 g/mol. The number of aromatic nitrogens is 5. The van der Waals surface area contributed by atoms with Gasteiger partial charge in [0.2, 0.25) is 5.88 Å². The molecule has 0 atom stereocenters. The summed E-state index contributed by atoms with van der Waals surface area (Å²) in [7, 11) is 1.87. The number of rotatable bonds is 3. The van der Waals surface area contributed by atoms with Gasteiger partial charge in [0.25, 0.3) is 0 Å². The molecule has 3 aromatic heterocycles. The molecule has 18 heavy (non-hydrogen) atoms. The van der Waals surface area contributed by atoms with Gasteiger partial charge in [-0.1, -0.05) is 0 Å². The molecule has 6 heteroatoms. The molecule has 0 aliphatic rings. The Morgan fingerprint density at radius 1 is 1.33 bits per heavy atom. The van der Waals surface area contributed by atoms with Gasteiger partial charge < -0.3 is 9.72 Å². The molecule has 0 bridgehead atoms. The van der Waals surface area contributed by atoms with Crippen LogP contribution in [0, 0.1) is 0 Å². The van der Waals surface area contributed by atoms with Crippen LogP contribution in [0.3, 0.4) is 0 Å². The van der Waals surface area contributed by atoms with Crippen molar-refractivity contribution in [3.63, 3.8) is 0 Å². The first-order valence-corrected chi connectivity index (χ1v) is 5.75. The molecular formula is C12H13N5O. The van der Waals surface area contributed by atoms with E-state index >= 15 is 0 Å². The maximum Gasteiger partial charge on any atom is 0.215 e. The number of aryl methyl sites for hydroxylation is 1. The van der Waals surface area contributed by atoms with Gasteiger partial charge in [0.15, 0.2) is 5.65 Å². The summed E-state index contributed by atoms with van der Waals surface area (Å²) in [4.78, 5) is 12.0. The van der Waals surface area contributed by atoms with Crippen molar-refractivity contribution in [3.8, 4) is 17.3 Å². The Labute approximate surface area is 104 Å². The maximum absolute atomic E-state index is 5.35. The Hall–Kier alpha value is -2.37. The number of H-pyrrole nitrogens is 1. The van der Waals surface area contributed by atoms with Crippen LogP contribution in [0.2, 0.25) is 0 Å². The lowest BCUT2D eigenvalue weighted by atomic mass is 10.3. The lowest BCUT2D eigenvalue weighted by Gasteiger charge is -1.99. The van der Waals surface area contributed by atoms with Crippen molar-refractivity contribution >= 4 is 11.2 Å². The summed E-state index contributed by atoms with van der Waals surface area (Å²) in [6.07, 6.45) is 3.67. The van der Waals surface area contributed by atoms with Crippen LogP contribution in [-0.2, 0) is 7.05 Å². The van der Waals surface area contributed by atoms with Crippen LogP contribution in [0.15, 0.2) is 24.5 Å². The summed E-state index contributed by atoms with van der Waals surface area (Å²) in [6.45, 7) is 2.52. The van der Waals surface area contributed by atoms with Gasteiger partial charge in [-0.2, -0.15) is 10.1 Å². The highest BCUT2D eigenvalue weighted by atomic mass is 16.5. The number of ether oxygens (including phenoxy) is 1. The van der Waals surface area contributed by atoms with Crippen LogP contribution >= 0.6 is 0 Å². The van der Waals surface area contributed by atoms with Gasteiger partial charge in [0.05, 0.1) is 23.9 Å². The second-order valence-corrected chi connectivity index (χ2v) is 3.94. The number of hydrogen-bond acceptors (Lipinski definition) is 4. The molecule has 0 saturated carbocycles. The van der Waals surface area contributed by atoms with Gasteiger partial charge in [0, 0.05) is 19.3 Å². The third-order valence-electron chi connectivity index (χ3n) is 2.59. The summed E-state index contributed by atoms with van der Waals surface area (Å²) < 4.78 is 7.09. The number of imidazole rings is 1. The minimum absolute atomic E-state index is 0.592. The summed E-state index contributed by atoms with van der Waals surface area (Å²) in [5.74, 6) is 1.36. The zero-order chi connectivity index (χ0) is 12.5. The second-order valence-electron chi connectivity index (χ2n) is 3.94. The van der Waals surface area contributed by atoms with Crippen LogP contribution in [0.5, 0.6) is 5.88 Å². The van der Waals surface area contributed by atoms with Crippen LogP contribution in [0.25, 0.3) is 22.6 Å². The third-order valence-corrected chi connectivity index (χ3v) is 2.59. The molecule has 0 aliphatic heterocycles. The van der Waals surface area contributed by atoms with Crippen molar-refractivity contribution in [1.82, 2.24) is 24.7 Å². The quantitative estimate of drug-likeness (QED) is 0.761. The molecule has 3 aromatic rings. The topological polar surface area (TPSA) is 68.6 Å². The van der Waals surface area contributed by atoms with Gasteiger partial charge in [-0.15, -0.1) is 0 Å². The molecule has 3 heterocycles. The van der Waals surface area contributed by atoms with E-state index in [9.17, 15) is 0 Å². The first-order valence-electron chi connectivity index (χ1n) is 5.75. The van der Waals surface area contributed by atoms with Crippen molar-refractivity contribution in [2.75, 3.05) is 6.61 Å². The van der Waals surface area contributed by atoms with Crippen LogP contribution < -0.4 is 4.74 Å². The second kappa shape index (κ2) is 4.14. The van der Waals surface area contributed by atoms with E-state index < -0.39 is 0 Å². The Morgan fingerprint density at radius 2 is 2.22 bits per heavy atom. The Balaban J connectivity index is 2.05. The lowest BCUT2D eigenvalue weighted by molar-refractivity contribution is 0.328. The SMILES string of the molecule is CCOc1ccc2[nH]c(-c3cnn(C)c3)nc2n1. The average Bonchev–Trinajstić information content (AvgIpc) is 2.94. The van der Waals surface area contributed by atoms with Gasteiger partial charge >= 0.3 is 0 Å². The van der Waals surface area contributed by atoms with E-state index in [1.807, 2.05) is 32.3 Å². The Morgan fingerprint density at radius 3 is 2.94 bits per heavy atom. The van der Waals surface area contributed by atoms with E-state index in [-0.39, 0.29) is 0 Å². The van der Waals surface area contributed by atoms with E-state index in [2.05, 4.69) is 20.1 Å². The summed E-state index contributed by atoms with van der Waals surface area (Å²) in [5.41, 5.74) is 2.48. The van der Waals surface area contributed by atoms with Gasteiger partial charge in [-0.05, 0) is 13.0 Å². The van der Waals surface area contributed by atoms with E-state index in [0.717, 1.165) is 16.9 Å². The zero-order valence-corrected chi connectivity index (χ0v) is 10.2. The van der Waals surface area contributed by atoms with Crippen LogP contribution in [-0.4, -0.2) is 31.3 Å². The smallest absolute Gasteiger partial charge is 0.215 e. The molecule has 0 saturated heterocycles. The predicted octanol–water partition coefficient (Wildman–Crippen LogP) is 1.76. The normalized spacial score (nSPS) is 11.0. The fourth-order valence-corrected chi connectivity index (χ4v) is 1.78. The minimum Gasteiger partial charge on any atom is -0.478 e. The molecule has 0 spiro atoms. The lowest BCUT2D eigenvalue weighted by Crippen LogP contribution is -1.93. The molecule has 92 valence electrons. The van der Waals surface area contributed by atoms with Crippen LogP contribution in [0.1, 0.15) is 6.92 Å². The number of fused-ring (bicyclic) bond motifs is 1. The molecule has 0 radical (unpaired) electrons. The first kappa shape index (κ1) is 10.8. The summed E-state index contributed by atoms with van der Waals surface area (Å²) in [6, 6.07) is 3.75. The van der Waals surface area contributed by atoms with Crippen molar-refractivity contribution in [2.45, 2.75) is 6.92 Å². The highest BCUT2D eigenvalue weighted by Crippen LogP contribution is 2.20. The highest BCUT2D eigenvalue weighted by molar-refractivity contribution is 5.76. The molecule has 6 nitrogen and oxygen atoms in total. The highest BCUT2D eigenvalue weighted by Gasteiger charge is 2.08. The van der Waals surface area contributed by atoms with Crippen molar-refractivity contribution in [2.24, 2.45) is 7.05 Å². The molecule has 0 aliphatic carbocycles. The monoisotopic (exact) mass is 243 g/mol. The molecule has 0 aromatic carbocycles. The fourth-order valence-electron chi connectivity index (χ4n) is 1.78. The number of pyridine rings is 1. The number of hydrogen-bond donors (Lipinski definition) is 1. The molecular weight excluding hydrogens is 230 g/mol. The van der Waals surface area contributed by atoms with E-state index in [4.69, 9.17) is 4.74 Å². The van der Waals surface area contributed by atoms with Crippen molar-refractivity contribution < 1.29 is 4.74 Å². The van der Waals surface area contributed by atoms with E-state index in [1.165, 1.54) is 0 Å².